The summed E-state index contributed by atoms with van der Waals surface area (Å²) in [6.07, 6.45) is -13.0. The third-order valence-corrected chi connectivity index (χ3v) is 2.54. The second-order valence-electron chi connectivity index (χ2n) is 4.09. The Labute approximate surface area is 101 Å². The average molecular weight is 309 g/mol. The van der Waals surface area contributed by atoms with E-state index in [2.05, 4.69) is 0 Å². The van der Waals surface area contributed by atoms with Gasteiger partial charge in [-0.3, -0.25) is 4.90 Å². The number of halogens is 10. The molecule has 0 saturated carbocycles. The van der Waals surface area contributed by atoms with Crippen LogP contribution in [-0.2, 0) is 0 Å². The van der Waals surface area contributed by atoms with Gasteiger partial charge in [0.05, 0.1) is 0 Å². The van der Waals surface area contributed by atoms with Crippen LogP contribution in [0, 0.1) is 0 Å². The number of alkyl halides is 10. The van der Waals surface area contributed by atoms with Crippen molar-refractivity contribution in [2.75, 3.05) is 14.1 Å². The van der Waals surface area contributed by atoms with Gasteiger partial charge in [0.25, 0.3) is 11.5 Å². The quantitative estimate of drug-likeness (QED) is 0.567. The molecule has 0 fully saturated rings. The van der Waals surface area contributed by atoms with E-state index in [-0.39, 0.29) is 14.1 Å². The molecule has 11 heteroatoms. The summed E-state index contributed by atoms with van der Waals surface area (Å²) < 4.78 is 126. The Morgan fingerprint density at radius 1 is 0.632 bits per heavy atom. The summed E-state index contributed by atoms with van der Waals surface area (Å²) in [5.74, 6) is -12.2. The van der Waals surface area contributed by atoms with Crippen molar-refractivity contribution in [3.63, 3.8) is 0 Å². The molecule has 0 aliphatic rings. The molecule has 0 radical (unpaired) electrons. The Morgan fingerprint density at radius 3 is 1.11 bits per heavy atom. The first-order valence-electron chi connectivity index (χ1n) is 4.51. The lowest BCUT2D eigenvalue weighted by molar-refractivity contribution is -0.403. The highest BCUT2D eigenvalue weighted by atomic mass is 19.4. The van der Waals surface area contributed by atoms with Crippen LogP contribution in [0.15, 0.2) is 0 Å². The van der Waals surface area contributed by atoms with Crippen LogP contribution in [0.3, 0.4) is 0 Å². The first-order valence-corrected chi connectivity index (χ1v) is 4.51. The molecule has 0 amide bonds. The minimum absolute atomic E-state index is 0.142. The number of hydrogen-bond acceptors (Lipinski definition) is 1. The summed E-state index contributed by atoms with van der Waals surface area (Å²) in [6.45, 7) is -0.716. The van der Waals surface area contributed by atoms with E-state index in [0.29, 0.717) is 0 Å². The summed E-state index contributed by atoms with van der Waals surface area (Å²) in [7, 11) is 0.284. The lowest BCUT2D eigenvalue weighted by Crippen LogP contribution is -2.73. The van der Waals surface area contributed by atoms with E-state index in [1.54, 1.807) is 0 Å². The van der Waals surface area contributed by atoms with Gasteiger partial charge < -0.3 is 0 Å². The van der Waals surface area contributed by atoms with E-state index in [0.717, 1.165) is 0 Å². The first kappa shape index (κ1) is 18.3. The van der Waals surface area contributed by atoms with E-state index in [1.807, 2.05) is 0 Å². The van der Waals surface area contributed by atoms with Gasteiger partial charge >= 0.3 is 18.3 Å². The molecule has 0 N–H and O–H groups in total. The van der Waals surface area contributed by atoms with Gasteiger partial charge in [-0.05, 0) is 21.0 Å². The summed E-state index contributed by atoms with van der Waals surface area (Å²) in [5.41, 5.74) is -5.46. The van der Waals surface area contributed by atoms with Crippen LogP contribution in [-0.4, -0.2) is 48.7 Å². The first-order chi connectivity index (χ1) is 7.94. The minimum atomic E-state index is -6.70. The molecule has 116 valence electrons. The summed E-state index contributed by atoms with van der Waals surface area (Å²) in [4.78, 5) is -0.784. The molecule has 2 unspecified atom stereocenters. The fourth-order valence-electron chi connectivity index (χ4n) is 1.37. The second-order valence-corrected chi connectivity index (χ2v) is 4.09. The second kappa shape index (κ2) is 4.38. The SMILES string of the molecule is CN(C)C(F)(C(C)(F)C(F)(F)F)C(F)(F)C(F)(F)F. The number of hydrogen-bond donors (Lipinski definition) is 0. The van der Waals surface area contributed by atoms with Crippen LogP contribution in [0.1, 0.15) is 6.92 Å². The third-order valence-electron chi connectivity index (χ3n) is 2.54. The standard InChI is InChI=1S/C8H9F10N/c1-4(9,7(13,14)15)6(12,19(2)3)5(10,11)8(16,17)18/h1-3H3. The smallest absolute Gasteiger partial charge is 0.269 e. The van der Waals surface area contributed by atoms with E-state index in [4.69, 9.17) is 0 Å². The fraction of sp³-hybridized carbons (Fsp3) is 1.00. The molecule has 0 aromatic heterocycles. The van der Waals surface area contributed by atoms with Crippen molar-refractivity contribution in [1.82, 2.24) is 4.90 Å². The maximum absolute atomic E-state index is 13.8. The summed E-state index contributed by atoms with van der Waals surface area (Å²) >= 11 is 0. The summed E-state index contributed by atoms with van der Waals surface area (Å²) in [5, 5.41) is 0. The molecule has 2 atom stereocenters. The Hall–Kier alpha value is -0.740. The van der Waals surface area contributed by atoms with Crippen LogP contribution in [0.5, 0.6) is 0 Å². The topological polar surface area (TPSA) is 3.24 Å². The van der Waals surface area contributed by atoms with E-state index < -0.39 is 41.6 Å². The van der Waals surface area contributed by atoms with Gasteiger partial charge in [0.1, 0.15) is 0 Å². The third kappa shape index (κ3) is 2.36. The zero-order valence-electron chi connectivity index (χ0n) is 9.73. The van der Waals surface area contributed by atoms with Crippen LogP contribution < -0.4 is 0 Å². The Bertz CT molecular complexity index is 299. The summed E-state index contributed by atoms with van der Waals surface area (Å²) in [6, 6.07) is 0. The van der Waals surface area contributed by atoms with E-state index in [9.17, 15) is 43.9 Å². The molecule has 0 aromatic rings. The zero-order valence-corrected chi connectivity index (χ0v) is 9.73. The van der Waals surface area contributed by atoms with Gasteiger partial charge in [-0.1, -0.05) is 0 Å². The van der Waals surface area contributed by atoms with Gasteiger partial charge in [-0.2, -0.15) is 35.1 Å². The van der Waals surface area contributed by atoms with Crippen molar-refractivity contribution >= 4 is 0 Å². The highest BCUT2D eigenvalue weighted by Gasteiger charge is 2.84. The fourth-order valence-corrected chi connectivity index (χ4v) is 1.37. The van der Waals surface area contributed by atoms with Gasteiger partial charge in [0, 0.05) is 0 Å². The lowest BCUT2D eigenvalue weighted by Gasteiger charge is -2.46. The van der Waals surface area contributed by atoms with Gasteiger partial charge in [0.2, 0.25) is 0 Å². The zero-order chi connectivity index (χ0) is 16.1. The molecular weight excluding hydrogens is 300 g/mol. The highest BCUT2D eigenvalue weighted by molar-refractivity contribution is 5.11. The molecule has 0 bridgehead atoms. The maximum atomic E-state index is 13.8. The monoisotopic (exact) mass is 309 g/mol. The largest absolute Gasteiger partial charge is 0.458 e. The predicted molar refractivity (Wildman–Crippen MR) is 44.1 cm³/mol. The molecule has 0 aliphatic carbocycles. The molecule has 0 aliphatic heterocycles. The molecule has 0 rings (SSSR count). The average Bonchev–Trinajstić information content (AvgIpc) is 2.11. The normalized spacial score (nSPS) is 21.2. The van der Waals surface area contributed by atoms with Crippen molar-refractivity contribution in [3.05, 3.63) is 0 Å². The minimum Gasteiger partial charge on any atom is -0.269 e. The van der Waals surface area contributed by atoms with E-state index in [1.165, 1.54) is 0 Å². The van der Waals surface area contributed by atoms with Crippen molar-refractivity contribution in [2.24, 2.45) is 0 Å². The lowest BCUT2D eigenvalue weighted by atomic mass is 9.87. The maximum Gasteiger partial charge on any atom is 0.458 e. The Kier molecular flexibility index (Phi) is 4.21. The van der Waals surface area contributed by atoms with Crippen molar-refractivity contribution in [2.45, 2.75) is 36.7 Å². The van der Waals surface area contributed by atoms with Crippen LogP contribution in [0.2, 0.25) is 0 Å². The van der Waals surface area contributed by atoms with Crippen molar-refractivity contribution in [3.8, 4) is 0 Å². The van der Waals surface area contributed by atoms with Gasteiger partial charge in [0.15, 0.2) is 0 Å². The molecule has 0 heterocycles. The highest BCUT2D eigenvalue weighted by Crippen LogP contribution is 2.56. The predicted octanol–water partition coefficient (Wildman–Crippen LogP) is 3.70. The molecular formula is C8H9F10N. The van der Waals surface area contributed by atoms with Crippen LogP contribution in [0.4, 0.5) is 43.9 Å². The Morgan fingerprint density at radius 2 is 0.947 bits per heavy atom. The van der Waals surface area contributed by atoms with Crippen LogP contribution >= 0.6 is 0 Å². The van der Waals surface area contributed by atoms with Crippen LogP contribution in [0.25, 0.3) is 0 Å². The Balaban J connectivity index is 6.21. The molecule has 0 saturated heterocycles. The number of nitrogens with zero attached hydrogens (tertiary/aromatic N) is 1. The van der Waals surface area contributed by atoms with Gasteiger partial charge in [-0.25, -0.2) is 8.78 Å². The van der Waals surface area contributed by atoms with E-state index >= 15 is 0 Å². The molecule has 0 spiro atoms. The molecule has 19 heavy (non-hydrogen) atoms. The van der Waals surface area contributed by atoms with Gasteiger partial charge in [-0.15, -0.1) is 0 Å². The van der Waals surface area contributed by atoms with Crippen molar-refractivity contribution < 1.29 is 43.9 Å². The number of rotatable bonds is 3. The molecule has 1 nitrogen and oxygen atoms in total. The molecule has 0 aromatic carbocycles. The van der Waals surface area contributed by atoms with Crippen molar-refractivity contribution in [1.29, 1.82) is 0 Å².